The topological polar surface area (TPSA) is 49.4 Å². The maximum absolute atomic E-state index is 13.2. The van der Waals surface area contributed by atoms with Crippen LogP contribution in [0.15, 0.2) is 47.4 Å². The van der Waals surface area contributed by atoms with Gasteiger partial charge in [-0.05, 0) is 54.8 Å². The van der Waals surface area contributed by atoms with Gasteiger partial charge in [0.1, 0.15) is 6.04 Å². The van der Waals surface area contributed by atoms with Gasteiger partial charge in [-0.1, -0.05) is 61.1 Å². The maximum atomic E-state index is 13.2. The summed E-state index contributed by atoms with van der Waals surface area (Å²) in [5, 5.41) is 4.59. The van der Waals surface area contributed by atoms with Crippen LogP contribution in [-0.2, 0) is 16.1 Å². The molecule has 0 aliphatic heterocycles. The number of amides is 2. The van der Waals surface area contributed by atoms with E-state index in [2.05, 4.69) is 12.2 Å². The molecule has 0 spiro atoms. The molecule has 2 aromatic rings. The monoisotopic (exact) mass is 500 g/mol. The van der Waals surface area contributed by atoms with E-state index in [0.717, 1.165) is 23.3 Å². The Hall–Kier alpha value is -1.40. The van der Waals surface area contributed by atoms with Crippen molar-refractivity contribution in [2.45, 2.75) is 50.6 Å². The largest absolute Gasteiger partial charge is 0.354 e. The fourth-order valence-corrected chi connectivity index (χ4v) is 4.40. The van der Waals surface area contributed by atoms with Crippen molar-refractivity contribution in [2.24, 2.45) is 0 Å². The molecule has 0 aromatic heterocycles. The molecule has 2 rings (SSSR count). The number of nitrogens with one attached hydrogen (secondary N) is 1. The summed E-state index contributed by atoms with van der Waals surface area (Å²) in [6.07, 6.45) is 2.38. The van der Waals surface area contributed by atoms with Gasteiger partial charge in [-0.3, -0.25) is 9.59 Å². The number of benzene rings is 2. The number of thioether (sulfide) groups is 1. The van der Waals surface area contributed by atoms with Crippen LogP contribution in [0.3, 0.4) is 0 Å². The van der Waals surface area contributed by atoms with E-state index in [1.807, 2.05) is 19.1 Å². The van der Waals surface area contributed by atoms with Gasteiger partial charge < -0.3 is 10.2 Å². The fourth-order valence-electron chi connectivity index (χ4n) is 3.02. The van der Waals surface area contributed by atoms with Crippen LogP contribution in [0.2, 0.25) is 15.1 Å². The third-order valence-corrected chi connectivity index (χ3v) is 6.58. The molecule has 0 bridgehead atoms. The lowest BCUT2D eigenvalue weighted by Gasteiger charge is -2.31. The summed E-state index contributed by atoms with van der Waals surface area (Å²) in [7, 11) is 0. The predicted molar refractivity (Wildman–Crippen MR) is 131 cm³/mol. The van der Waals surface area contributed by atoms with E-state index in [0.29, 0.717) is 28.0 Å². The number of halogens is 3. The molecule has 4 nitrogen and oxygen atoms in total. The molecule has 1 unspecified atom stereocenters. The Kier molecular flexibility index (Phi) is 11.0. The van der Waals surface area contributed by atoms with Gasteiger partial charge in [0.05, 0.1) is 5.75 Å². The first-order valence-electron chi connectivity index (χ1n) is 10.2. The van der Waals surface area contributed by atoms with E-state index in [-0.39, 0.29) is 24.1 Å². The number of unbranched alkanes of at least 4 members (excludes halogenated alkanes) is 1. The first-order valence-corrected chi connectivity index (χ1v) is 12.4. The van der Waals surface area contributed by atoms with E-state index in [1.165, 1.54) is 11.8 Å². The molecule has 0 saturated carbocycles. The first-order chi connectivity index (χ1) is 14.8. The second-order valence-corrected chi connectivity index (χ2v) is 9.40. The Balaban J connectivity index is 2.20. The average Bonchev–Trinajstić information content (AvgIpc) is 2.74. The zero-order chi connectivity index (χ0) is 22.8. The van der Waals surface area contributed by atoms with Gasteiger partial charge in [0, 0.05) is 33.1 Å². The highest BCUT2D eigenvalue weighted by Gasteiger charge is 2.29. The second kappa shape index (κ2) is 13.2. The Morgan fingerprint density at radius 3 is 2.32 bits per heavy atom. The van der Waals surface area contributed by atoms with Crippen molar-refractivity contribution in [2.75, 3.05) is 12.3 Å². The van der Waals surface area contributed by atoms with E-state index in [1.54, 1.807) is 35.2 Å². The van der Waals surface area contributed by atoms with Crippen molar-refractivity contribution >= 4 is 58.4 Å². The summed E-state index contributed by atoms with van der Waals surface area (Å²) >= 11 is 19.7. The average molecular weight is 502 g/mol. The Bertz CT molecular complexity index is 878. The normalized spacial score (nSPS) is 11.8. The van der Waals surface area contributed by atoms with Gasteiger partial charge >= 0.3 is 0 Å². The highest BCUT2D eigenvalue weighted by atomic mass is 35.5. The molecule has 0 radical (unpaired) electrons. The van der Waals surface area contributed by atoms with Crippen LogP contribution in [0.4, 0.5) is 0 Å². The van der Waals surface area contributed by atoms with Crippen molar-refractivity contribution in [1.29, 1.82) is 0 Å². The zero-order valence-corrected chi connectivity index (χ0v) is 20.8. The number of carbonyl (C=O) groups is 2. The summed E-state index contributed by atoms with van der Waals surface area (Å²) in [6.45, 7) is 4.79. The number of rotatable bonds is 11. The SMILES string of the molecule is CCCCNC(=O)C(CC)N(Cc1ccc(Cl)cc1Cl)C(=O)CSc1ccc(Cl)cc1. The van der Waals surface area contributed by atoms with E-state index in [4.69, 9.17) is 34.8 Å². The summed E-state index contributed by atoms with van der Waals surface area (Å²) in [5.74, 6) is -0.0830. The summed E-state index contributed by atoms with van der Waals surface area (Å²) in [6, 6.07) is 11.9. The quantitative estimate of drug-likeness (QED) is 0.284. The van der Waals surface area contributed by atoms with Gasteiger partial charge in [0.15, 0.2) is 0 Å². The van der Waals surface area contributed by atoms with Crippen LogP contribution < -0.4 is 5.32 Å². The van der Waals surface area contributed by atoms with Crippen LogP contribution in [-0.4, -0.2) is 35.1 Å². The van der Waals surface area contributed by atoms with Crippen molar-refractivity contribution in [3.05, 3.63) is 63.1 Å². The molecule has 8 heteroatoms. The second-order valence-electron chi connectivity index (χ2n) is 7.07. The highest BCUT2D eigenvalue weighted by molar-refractivity contribution is 8.00. The van der Waals surface area contributed by atoms with Crippen molar-refractivity contribution in [3.63, 3.8) is 0 Å². The van der Waals surface area contributed by atoms with Crippen LogP contribution >= 0.6 is 46.6 Å². The Morgan fingerprint density at radius 1 is 1.03 bits per heavy atom. The van der Waals surface area contributed by atoms with E-state index < -0.39 is 6.04 Å². The van der Waals surface area contributed by atoms with E-state index >= 15 is 0 Å². The lowest BCUT2D eigenvalue weighted by molar-refractivity contribution is -0.139. The summed E-state index contributed by atoms with van der Waals surface area (Å²) < 4.78 is 0. The number of nitrogens with zero attached hydrogens (tertiary/aromatic N) is 1. The van der Waals surface area contributed by atoms with Crippen molar-refractivity contribution in [1.82, 2.24) is 10.2 Å². The molecule has 168 valence electrons. The molecule has 0 heterocycles. The Labute approximate surface area is 203 Å². The highest BCUT2D eigenvalue weighted by Crippen LogP contribution is 2.25. The van der Waals surface area contributed by atoms with Gasteiger partial charge in [0.25, 0.3) is 0 Å². The van der Waals surface area contributed by atoms with Crippen LogP contribution in [0.25, 0.3) is 0 Å². The van der Waals surface area contributed by atoms with E-state index in [9.17, 15) is 9.59 Å². The standard InChI is InChI=1S/C23H27Cl3N2O2S/c1-3-5-12-27-23(30)21(4-2)28(14-16-6-7-18(25)13-20(16)26)22(29)15-31-19-10-8-17(24)9-11-19/h6-11,13,21H,3-5,12,14-15H2,1-2H3,(H,27,30). The predicted octanol–water partition coefficient (Wildman–Crippen LogP) is 6.46. The molecule has 0 fully saturated rings. The molecule has 1 N–H and O–H groups in total. The maximum Gasteiger partial charge on any atom is 0.242 e. The molecule has 2 amide bonds. The summed E-state index contributed by atoms with van der Waals surface area (Å²) in [4.78, 5) is 28.6. The minimum Gasteiger partial charge on any atom is -0.354 e. The number of hydrogen-bond acceptors (Lipinski definition) is 3. The van der Waals surface area contributed by atoms with Crippen LogP contribution in [0, 0.1) is 0 Å². The Morgan fingerprint density at radius 2 is 1.71 bits per heavy atom. The van der Waals surface area contributed by atoms with Crippen LogP contribution in [0.1, 0.15) is 38.7 Å². The molecule has 0 saturated heterocycles. The van der Waals surface area contributed by atoms with Crippen LogP contribution in [0.5, 0.6) is 0 Å². The molecule has 1 atom stereocenters. The van der Waals surface area contributed by atoms with Gasteiger partial charge in [-0.2, -0.15) is 0 Å². The minimum atomic E-state index is -0.582. The molecular formula is C23H27Cl3N2O2S. The molecule has 0 aliphatic carbocycles. The van der Waals surface area contributed by atoms with Gasteiger partial charge in [-0.25, -0.2) is 0 Å². The zero-order valence-electron chi connectivity index (χ0n) is 17.7. The molecule has 2 aromatic carbocycles. The fraction of sp³-hybridized carbons (Fsp3) is 0.391. The number of carbonyl (C=O) groups excluding carboxylic acids is 2. The molecule has 0 aliphatic rings. The third kappa shape index (κ3) is 8.23. The molecule has 31 heavy (non-hydrogen) atoms. The number of hydrogen-bond donors (Lipinski definition) is 1. The van der Waals surface area contributed by atoms with Crippen molar-refractivity contribution in [3.8, 4) is 0 Å². The lowest BCUT2D eigenvalue weighted by Crippen LogP contribution is -2.49. The minimum absolute atomic E-state index is 0.136. The smallest absolute Gasteiger partial charge is 0.242 e. The van der Waals surface area contributed by atoms with Gasteiger partial charge in [-0.15, -0.1) is 11.8 Å². The van der Waals surface area contributed by atoms with Gasteiger partial charge in [0.2, 0.25) is 11.8 Å². The van der Waals surface area contributed by atoms with Crippen molar-refractivity contribution < 1.29 is 9.59 Å². The first kappa shape index (κ1) is 25.9. The lowest BCUT2D eigenvalue weighted by atomic mass is 10.1. The third-order valence-electron chi connectivity index (χ3n) is 4.75. The molecular weight excluding hydrogens is 475 g/mol. The summed E-state index contributed by atoms with van der Waals surface area (Å²) in [5.41, 5.74) is 0.746.